The normalized spacial score (nSPS) is 8.93. The molecule has 0 atom stereocenters. The summed E-state index contributed by atoms with van der Waals surface area (Å²) in [6.45, 7) is 0.568. The number of nitrogens with one attached hydrogen (secondary N) is 1. The number of azide groups is 1. The van der Waals surface area contributed by atoms with Gasteiger partial charge in [0.2, 0.25) is 0 Å². The summed E-state index contributed by atoms with van der Waals surface area (Å²) < 4.78 is 0. The molecule has 5 nitrogen and oxygen atoms in total. The Morgan fingerprint density at radius 3 is 2.71 bits per heavy atom. The van der Waals surface area contributed by atoms with Gasteiger partial charge in [-0.2, -0.15) is 0 Å². The summed E-state index contributed by atoms with van der Waals surface area (Å²) in [5, 5.41) is 10.6. The van der Waals surface area contributed by atoms with Gasteiger partial charge in [0.15, 0.2) is 5.96 Å². The fraction of sp³-hybridized carbons (Fsp3) is 0.222. The molecule has 1 aromatic rings. The van der Waals surface area contributed by atoms with E-state index in [0.717, 1.165) is 5.56 Å². The van der Waals surface area contributed by atoms with Crippen LogP contribution in [0.4, 0.5) is 0 Å². The lowest BCUT2D eigenvalue weighted by Crippen LogP contribution is -2.23. The van der Waals surface area contributed by atoms with Gasteiger partial charge in [-0.25, -0.2) is 0 Å². The van der Waals surface area contributed by atoms with Gasteiger partial charge in [0.25, 0.3) is 0 Å². The lowest BCUT2D eigenvalue weighted by atomic mass is 10.2. The summed E-state index contributed by atoms with van der Waals surface area (Å²) in [5.74, 6) is -0.0728. The van der Waals surface area contributed by atoms with Crippen molar-refractivity contribution in [1.82, 2.24) is 4.90 Å². The second kappa shape index (κ2) is 4.89. The Hall–Kier alpha value is -2.00. The zero-order chi connectivity index (χ0) is 10.4. The molecule has 5 heteroatoms. The topological polar surface area (TPSA) is 75.9 Å². The largest absolute Gasteiger partial charge is 0.354 e. The quantitative estimate of drug-likeness (QED) is 0.250. The van der Waals surface area contributed by atoms with Gasteiger partial charge < -0.3 is 4.90 Å². The van der Waals surface area contributed by atoms with Gasteiger partial charge in [-0.3, -0.25) is 5.41 Å². The summed E-state index contributed by atoms with van der Waals surface area (Å²) >= 11 is 0. The average Bonchev–Trinajstić information content (AvgIpc) is 2.19. The highest BCUT2D eigenvalue weighted by atomic mass is 15.3. The molecule has 0 amide bonds. The molecule has 0 aromatic heterocycles. The van der Waals surface area contributed by atoms with Crippen LogP contribution in [0.5, 0.6) is 0 Å². The summed E-state index contributed by atoms with van der Waals surface area (Å²) in [6.07, 6.45) is 0. The van der Waals surface area contributed by atoms with Crippen LogP contribution < -0.4 is 0 Å². The molecule has 0 saturated carbocycles. The van der Waals surface area contributed by atoms with Crippen molar-refractivity contribution in [2.45, 2.75) is 6.54 Å². The van der Waals surface area contributed by atoms with Crippen LogP contribution >= 0.6 is 0 Å². The van der Waals surface area contributed by atoms with Gasteiger partial charge in [0.05, 0.1) is 0 Å². The Kier molecular flexibility index (Phi) is 3.52. The SMILES string of the molecule is CN(Cc1ccccc1)C(=N)N=[N+]=[N-]. The smallest absolute Gasteiger partial charge is 0.185 e. The second-order valence-electron chi connectivity index (χ2n) is 2.85. The van der Waals surface area contributed by atoms with Crippen LogP contribution in [-0.4, -0.2) is 17.9 Å². The van der Waals surface area contributed by atoms with Gasteiger partial charge >= 0.3 is 0 Å². The monoisotopic (exact) mass is 189 g/mol. The maximum absolute atomic E-state index is 8.14. The van der Waals surface area contributed by atoms with Crippen LogP contribution in [0, 0.1) is 5.41 Å². The minimum absolute atomic E-state index is 0.0728. The summed E-state index contributed by atoms with van der Waals surface area (Å²) in [4.78, 5) is 4.14. The van der Waals surface area contributed by atoms with Crippen molar-refractivity contribution >= 4 is 5.96 Å². The van der Waals surface area contributed by atoms with Gasteiger partial charge in [-0.1, -0.05) is 30.3 Å². The van der Waals surface area contributed by atoms with Crippen molar-refractivity contribution in [3.63, 3.8) is 0 Å². The van der Waals surface area contributed by atoms with Gasteiger partial charge in [-0.05, 0) is 16.2 Å². The third-order valence-electron chi connectivity index (χ3n) is 1.76. The molecule has 0 unspecified atom stereocenters. The van der Waals surface area contributed by atoms with E-state index in [0.29, 0.717) is 6.54 Å². The van der Waals surface area contributed by atoms with Crippen LogP contribution in [0.15, 0.2) is 35.4 Å². The third kappa shape index (κ3) is 2.80. The molecule has 0 bridgehead atoms. The average molecular weight is 189 g/mol. The number of benzene rings is 1. The highest BCUT2D eigenvalue weighted by Gasteiger charge is 2.01. The molecule has 0 saturated heterocycles. The fourth-order valence-corrected chi connectivity index (χ4v) is 1.05. The number of guanidine groups is 1. The van der Waals surface area contributed by atoms with Gasteiger partial charge in [0.1, 0.15) is 0 Å². The van der Waals surface area contributed by atoms with Crippen molar-refractivity contribution in [3.05, 3.63) is 46.3 Å². The molecule has 0 radical (unpaired) electrons. The van der Waals surface area contributed by atoms with E-state index < -0.39 is 0 Å². The first-order chi connectivity index (χ1) is 6.74. The van der Waals surface area contributed by atoms with Crippen LogP contribution in [0.1, 0.15) is 5.56 Å². The minimum Gasteiger partial charge on any atom is -0.354 e. The second-order valence-corrected chi connectivity index (χ2v) is 2.85. The Morgan fingerprint density at radius 2 is 2.14 bits per heavy atom. The molecule has 0 heterocycles. The number of hydrogen-bond donors (Lipinski definition) is 1. The molecule has 0 spiro atoms. The highest BCUT2D eigenvalue weighted by Crippen LogP contribution is 2.02. The minimum atomic E-state index is -0.0728. The Labute approximate surface area is 82.1 Å². The van der Waals surface area contributed by atoms with Gasteiger partial charge in [-0.15, -0.1) is 0 Å². The summed E-state index contributed by atoms with van der Waals surface area (Å²) in [6, 6.07) is 9.71. The van der Waals surface area contributed by atoms with Crippen molar-refractivity contribution in [1.29, 1.82) is 5.41 Å². The molecule has 1 N–H and O–H groups in total. The first-order valence-corrected chi connectivity index (χ1v) is 4.12. The van der Waals surface area contributed by atoms with E-state index in [1.807, 2.05) is 30.3 Å². The van der Waals surface area contributed by atoms with E-state index >= 15 is 0 Å². The zero-order valence-corrected chi connectivity index (χ0v) is 7.88. The Bertz CT molecular complexity index is 353. The standard InChI is InChI=1S/C9H11N5/c1-14(9(10)12-13-11)7-8-5-3-2-4-6-8/h2-6,10H,7H2,1H3. The fourth-order valence-electron chi connectivity index (χ4n) is 1.05. The lowest BCUT2D eigenvalue weighted by molar-refractivity contribution is 0.491. The van der Waals surface area contributed by atoms with E-state index in [9.17, 15) is 0 Å². The molecule has 1 rings (SSSR count). The molecular weight excluding hydrogens is 178 g/mol. The Morgan fingerprint density at radius 1 is 1.50 bits per heavy atom. The predicted molar refractivity (Wildman–Crippen MR) is 54.8 cm³/mol. The lowest BCUT2D eigenvalue weighted by Gasteiger charge is -2.16. The van der Waals surface area contributed by atoms with E-state index in [-0.39, 0.29) is 5.96 Å². The van der Waals surface area contributed by atoms with Crippen molar-refractivity contribution in [2.24, 2.45) is 5.11 Å². The molecule has 0 aliphatic carbocycles. The van der Waals surface area contributed by atoms with E-state index in [1.54, 1.807) is 11.9 Å². The maximum atomic E-state index is 8.14. The van der Waals surface area contributed by atoms with Crippen molar-refractivity contribution in [2.75, 3.05) is 7.05 Å². The number of hydrogen-bond acceptors (Lipinski definition) is 1. The molecule has 0 fully saturated rings. The van der Waals surface area contributed by atoms with Crippen LogP contribution in [0.3, 0.4) is 0 Å². The molecule has 14 heavy (non-hydrogen) atoms. The van der Waals surface area contributed by atoms with Crippen LogP contribution in [0.25, 0.3) is 10.4 Å². The zero-order valence-electron chi connectivity index (χ0n) is 7.88. The number of nitrogens with zero attached hydrogens (tertiary/aromatic N) is 4. The van der Waals surface area contributed by atoms with Gasteiger partial charge in [0, 0.05) is 18.5 Å². The van der Waals surface area contributed by atoms with Crippen LogP contribution in [-0.2, 0) is 6.54 Å². The molecular formula is C9H11N5. The van der Waals surface area contributed by atoms with Crippen LogP contribution in [0.2, 0.25) is 0 Å². The van der Waals surface area contributed by atoms with Crippen molar-refractivity contribution in [3.8, 4) is 0 Å². The van der Waals surface area contributed by atoms with E-state index in [2.05, 4.69) is 10.0 Å². The highest BCUT2D eigenvalue weighted by molar-refractivity contribution is 5.77. The summed E-state index contributed by atoms with van der Waals surface area (Å²) in [7, 11) is 1.71. The predicted octanol–water partition coefficient (Wildman–Crippen LogP) is 2.36. The van der Waals surface area contributed by atoms with E-state index in [1.165, 1.54) is 0 Å². The number of rotatable bonds is 2. The molecule has 0 aliphatic rings. The molecule has 72 valence electrons. The van der Waals surface area contributed by atoms with E-state index in [4.69, 9.17) is 10.9 Å². The van der Waals surface area contributed by atoms with Crippen molar-refractivity contribution < 1.29 is 0 Å². The first kappa shape index (κ1) is 10.1. The maximum Gasteiger partial charge on any atom is 0.185 e. The first-order valence-electron chi connectivity index (χ1n) is 4.12. The molecule has 0 aliphatic heterocycles. The summed E-state index contributed by atoms with van der Waals surface area (Å²) in [5.41, 5.74) is 9.22. The molecule has 1 aromatic carbocycles. The Balaban J connectivity index is 2.61. The third-order valence-corrected chi connectivity index (χ3v) is 1.76.